The van der Waals surface area contributed by atoms with Crippen molar-refractivity contribution in [2.24, 2.45) is 0 Å². The third-order valence-corrected chi connectivity index (χ3v) is 4.28. The van der Waals surface area contributed by atoms with Gasteiger partial charge in [0.1, 0.15) is 5.56 Å². The van der Waals surface area contributed by atoms with Gasteiger partial charge >= 0.3 is 0 Å². The highest BCUT2D eigenvalue weighted by molar-refractivity contribution is 6.01. The Morgan fingerprint density at radius 3 is 2.83 bits per heavy atom. The molecule has 1 aliphatic rings. The average Bonchev–Trinajstić information content (AvgIpc) is 3.05. The number of aromatic nitrogens is 3. The summed E-state index contributed by atoms with van der Waals surface area (Å²) in [5.74, 6) is -0.125. The molecule has 0 spiro atoms. The zero-order valence-electron chi connectivity index (χ0n) is 13.0. The van der Waals surface area contributed by atoms with Crippen molar-refractivity contribution in [1.29, 1.82) is 0 Å². The van der Waals surface area contributed by atoms with Crippen molar-refractivity contribution in [2.45, 2.75) is 25.8 Å². The fourth-order valence-electron chi connectivity index (χ4n) is 3.04. The Morgan fingerprint density at radius 1 is 1.17 bits per heavy atom. The molecule has 0 saturated carbocycles. The lowest BCUT2D eigenvalue weighted by atomic mass is 9.96. The van der Waals surface area contributed by atoms with Crippen LogP contribution in [-0.4, -0.2) is 26.3 Å². The highest BCUT2D eigenvalue weighted by atomic mass is 16.1. The van der Waals surface area contributed by atoms with Crippen LogP contribution >= 0.6 is 0 Å². The van der Waals surface area contributed by atoms with Gasteiger partial charge in [0.25, 0.3) is 5.91 Å². The second-order valence-corrected chi connectivity index (χ2v) is 5.86. The Bertz CT molecular complexity index is 931. The number of aryl methyl sites for hydroxylation is 1. The SMILES string of the molecule is O=C1CCCc2c1cnc1c(C(=O)NCc3ccccc3)cnn21. The van der Waals surface area contributed by atoms with Gasteiger partial charge in [0.05, 0.1) is 17.5 Å². The monoisotopic (exact) mass is 320 g/mol. The predicted octanol–water partition coefficient (Wildman–Crippen LogP) is 2.18. The molecular weight excluding hydrogens is 304 g/mol. The first kappa shape index (κ1) is 14.6. The molecule has 0 aliphatic heterocycles. The zero-order valence-corrected chi connectivity index (χ0v) is 13.0. The second kappa shape index (κ2) is 5.88. The summed E-state index contributed by atoms with van der Waals surface area (Å²) in [6, 6.07) is 9.71. The van der Waals surface area contributed by atoms with Crippen LogP contribution in [0.1, 0.15) is 44.8 Å². The van der Waals surface area contributed by atoms with Crippen LogP contribution in [0.4, 0.5) is 0 Å². The number of carbonyl (C=O) groups excluding carboxylic acids is 2. The van der Waals surface area contributed by atoms with Gasteiger partial charge in [0, 0.05) is 19.2 Å². The molecule has 1 amide bonds. The van der Waals surface area contributed by atoms with Crippen molar-refractivity contribution < 1.29 is 9.59 Å². The summed E-state index contributed by atoms with van der Waals surface area (Å²) in [5, 5.41) is 7.17. The van der Waals surface area contributed by atoms with E-state index >= 15 is 0 Å². The molecular formula is C18H16N4O2. The highest BCUT2D eigenvalue weighted by Gasteiger charge is 2.23. The van der Waals surface area contributed by atoms with Crippen LogP contribution in [0.15, 0.2) is 42.7 Å². The quantitative estimate of drug-likeness (QED) is 0.802. The molecule has 0 bridgehead atoms. The summed E-state index contributed by atoms with van der Waals surface area (Å²) < 4.78 is 1.63. The number of hydrogen-bond donors (Lipinski definition) is 1. The minimum atomic E-state index is -0.219. The lowest BCUT2D eigenvalue weighted by Gasteiger charge is -2.14. The van der Waals surface area contributed by atoms with Crippen molar-refractivity contribution >= 4 is 17.3 Å². The fraction of sp³-hybridized carbons (Fsp3) is 0.222. The molecule has 3 aromatic rings. The smallest absolute Gasteiger partial charge is 0.257 e. The lowest BCUT2D eigenvalue weighted by molar-refractivity contribution is 0.0950. The van der Waals surface area contributed by atoms with E-state index in [1.807, 2.05) is 30.3 Å². The molecule has 0 atom stereocenters. The van der Waals surface area contributed by atoms with Crippen LogP contribution in [0.25, 0.3) is 5.65 Å². The number of rotatable bonds is 3. The van der Waals surface area contributed by atoms with Crippen molar-refractivity contribution in [2.75, 3.05) is 0 Å². The number of fused-ring (bicyclic) bond motifs is 3. The van der Waals surface area contributed by atoms with Gasteiger partial charge in [-0.1, -0.05) is 30.3 Å². The molecule has 6 nitrogen and oxygen atoms in total. The molecule has 2 heterocycles. The normalized spacial score (nSPS) is 13.8. The van der Waals surface area contributed by atoms with Crippen LogP contribution in [0.2, 0.25) is 0 Å². The molecule has 1 N–H and O–H groups in total. The summed E-state index contributed by atoms with van der Waals surface area (Å²) in [6.45, 7) is 0.445. The van der Waals surface area contributed by atoms with Gasteiger partial charge in [0.2, 0.25) is 0 Å². The minimum Gasteiger partial charge on any atom is -0.348 e. The number of ketones is 1. The molecule has 6 heteroatoms. The number of nitrogens with one attached hydrogen (secondary N) is 1. The van der Waals surface area contributed by atoms with Crippen molar-refractivity contribution in [3.63, 3.8) is 0 Å². The Balaban J connectivity index is 1.63. The molecule has 4 rings (SSSR count). The van der Waals surface area contributed by atoms with Gasteiger partial charge in [0.15, 0.2) is 11.4 Å². The predicted molar refractivity (Wildman–Crippen MR) is 87.9 cm³/mol. The number of hydrogen-bond acceptors (Lipinski definition) is 4. The Labute approximate surface area is 138 Å². The summed E-state index contributed by atoms with van der Waals surface area (Å²) in [4.78, 5) is 28.7. The third-order valence-electron chi connectivity index (χ3n) is 4.28. The topological polar surface area (TPSA) is 76.4 Å². The first-order chi connectivity index (χ1) is 11.7. The second-order valence-electron chi connectivity index (χ2n) is 5.86. The van der Waals surface area contributed by atoms with Gasteiger partial charge in [-0.05, 0) is 18.4 Å². The molecule has 1 aliphatic carbocycles. The Hall–Kier alpha value is -3.02. The van der Waals surface area contributed by atoms with E-state index < -0.39 is 0 Å². The van der Waals surface area contributed by atoms with Crippen molar-refractivity contribution in [3.05, 3.63) is 65.1 Å². The highest BCUT2D eigenvalue weighted by Crippen LogP contribution is 2.22. The van der Waals surface area contributed by atoms with Crippen molar-refractivity contribution in [3.8, 4) is 0 Å². The summed E-state index contributed by atoms with van der Waals surface area (Å²) in [5.41, 5.74) is 3.41. The molecule has 24 heavy (non-hydrogen) atoms. The van der Waals surface area contributed by atoms with E-state index in [2.05, 4.69) is 15.4 Å². The molecule has 0 saturated heterocycles. The maximum absolute atomic E-state index is 12.5. The molecule has 0 radical (unpaired) electrons. The van der Waals surface area contributed by atoms with E-state index in [1.165, 1.54) is 6.20 Å². The summed E-state index contributed by atoms with van der Waals surface area (Å²) >= 11 is 0. The fourth-order valence-corrected chi connectivity index (χ4v) is 3.04. The van der Waals surface area contributed by atoms with Crippen LogP contribution in [0.3, 0.4) is 0 Å². The Kier molecular flexibility index (Phi) is 3.57. The zero-order chi connectivity index (χ0) is 16.5. The van der Waals surface area contributed by atoms with E-state index in [9.17, 15) is 9.59 Å². The van der Waals surface area contributed by atoms with Gasteiger partial charge in [-0.2, -0.15) is 5.10 Å². The first-order valence-electron chi connectivity index (χ1n) is 7.95. The van der Waals surface area contributed by atoms with E-state index in [0.29, 0.717) is 29.7 Å². The van der Waals surface area contributed by atoms with Crippen LogP contribution in [-0.2, 0) is 13.0 Å². The van der Waals surface area contributed by atoms with E-state index in [4.69, 9.17) is 0 Å². The number of Topliss-reactive ketones (excluding diaryl/α,β-unsaturated/α-hetero) is 1. The first-order valence-corrected chi connectivity index (χ1v) is 7.95. The number of benzene rings is 1. The standard InChI is InChI=1S/C18H16N4O2/c23-16-8-4-7-15-13(16)10-19-17-14(11-21-22(15)17)18(24)20-9-12-5-2-1-3-6-12/h1-3,5-6,10-11H,4,7-9H2,(H,20,24). The number of carbonyl (C=O) groups is 2. The van der Waals surface area contributed by atoms with E-state index in [1.54, 1.807) is 10.7 Å². The average molecular weight is 320 g/mol. The van der Waals surface area contributed by atoms with Crippen LogP contribution < -0.4 is 5.32 Å². The third kappa shape index (κ3) is 2.46. The molecule has 0 fully saturated rings. The van der Waals surface area contributed by atoms with Gasteiger partial charge in [-0.15, -0.1) is 0 Å². The van der Waals surface area contributed by atoms with Crippen LogP contribution in [0, 0.1) is 0 Å². The molecule has 2 aromatic heterocycles. The lowest BCUT2D eigenvalue weighted by Crippen LogP contribution is -2.23. The van der Waals surface area contributed by atoms with Gasteiger partial charge in [-0.25, -0.2) is 9.50 Å². The van der Waals surface area contributed by atoms with Crippen molar-refractivity contribution in [1.82, 2.24) is 19.9 Å². The molecule has 120 valence electrons. The van der Waals surface area contributed by atoms with E-state index in [-0.39, 0.29) is 11.7 Å². The maximum Gasteiger partial charge on any atom is 0.257 e. The Morgan fingerprint density at radius 2 is 2.00 bits per heavy atom. The van der Waals surface area contributed by atoms with E-state index in [0.717, 1.165) is 24.1 Å². The summed E-state index contributed by atoms with van der Waals surface area (Å²) in [6.07, 6.45) is 5.21. The minimum absolute atomic E-state index is 0.0937. The van der Waals surface area contributed by atoms with Gasteiger partial charge in [-0.3, -0.25) is 9.59 Å². The molecule has 1 aromatic carbocycles. The van der Waals surface area contributed by atoms with Crippen LogP contribution in [0.5, 0.6) is 0 Å². The maximum atomic E-state index is 12.5. The van der Waals surface area contributed by atoms with Gasteiger partial charge < -0.3 is 5.32 Å². The molecule has 0 unspecified atom stereocenters. The number of amides is 1. The number of nitrogens with zero attached hydrogens (tertiary/aromatic N) is 3. The summed E-state index contributed by atoms with van der Waals surface area (Å²) in [7, 11) is 0. The largest absolute Gasteiger partial charge is 0.348 e.